The van der Waals surface area contributed by atoms with Gasteiger partial charge >= 0.3 is 0 Å². The van der Waals surface area contributed by atoms with E-state index in [0.717, 1.165) is 5.17 Å². The molecule has 1 amide bonds. The summed E-state index contributed by atoms with van der Waals surface area (Å²) >= 11 is 1.55. The molecule has 2 aliphatic rings. The molecule has 114 valence electrons. The predicted molar refractivity (Wildman–Crippen MR) is 79.7 cm³/mol. The largest absolute Gasteiger partial charge is 0.391 e. The fourth-order valence-corrected chi connectivity index (χ4v) is 3.53. The van der Waals surface area contributed by atoms with Crippen LogP contribution >= 0.6 is 11.8 Å². The average molecular weight is 301 g/mol. The van der Waals surface area contributed by atoms with Crippen molar-refractivity contribution in [3.05, 3.63) is 0 Å². The standard InChI is InChI=1S/C13H23N3O3S/c1-15(2)10(18)6-5-8-7-9(17)11-12(19-8)20-13(14-11)16(3)4/h8-9,11-12,17H,5-7H2,1-4H3. The SMILES string of the molecule is CN(C)C(=O)CCC1CC(O)C2N=C(N(C)C)SC2O1. The molecule has 4 unspecified atom stereocenters. The van der Waals surface area contributed by atoms with E-state index in [1.807, 2.05) is 19.0 Å². The molecule has 0 radical (unpaired) electrons. The molecule has 0 saturated carbocycles. The highest BCUT2D eigenvalue weighted by molar-refractivity contribution is 8.14. The minimum atomic E-state index is -0.488. The average Bonchev–Trinajstić information content (AvgIpc) is 2.80. The summed E-state index contributed by atoms with van der Waals surface area (Å²) in [6, 6.07) is -0.182. The van der Waals surface area contributed by atoms with E-state index in [2.05, 4.69) is 4.99 Å². The summed E-state index contributed by atoms with van der Waals surface area (Å²) in [6.07, 6.45) is 1.09. The Labute approximate surface area is 124 Å². The van der Waals surface area contributed by atoms with E-state index in [4.69, 9.17) is 4.74 Å². The van der Waals surface area contributed by atoms with Crippen LogP contribution in [0.1, 0.15) is 19.3 Å². The normalized spacial score (nSPS) is 32.5. The van der Waals surface area contributed by atoms with Crippen molar-refractivity contribution in [2.45, 2.75) is 42.9 Å². The number of fused-ring (bicyclic) bond motifs is 1. The molecule has 1 fully saturated rings. The van der Waals surface area contributed by atoms with Crippen molar-refractivity contribution in [1.29, 1.82) is 0 Å². The topological polar surface area (TPSA) is 65.4 Å². The van der Waals surface area contributed by atoms with Crippen molar-refractivity contribution in [2.24, 2.45) is 4.99 Å². The zero-order valence-electron chi connectivity index (χ0n) is 12.4. The summed E-state index contributed by atoms with van der Waals surface area (Å²) in [5.74, 6) is 0.0921. The first-order valence-corrected chi connectivity index (χ1v) is 7.72. The first kappa shape index (κ1) is 15.6. The Morgan fingerprint density at radius 1 is 1.45 bits per heavy atom. The quantitative estimate of drug-likeness (QED) is 0.815. The molecule has 0 aromatic rings. The number of carbonyl (C=O) groups excluding carboxylic acids is 1. The highest BCUT2D eigenvalue weighted by Gasteiger charge is 2.43. The van der Waals surface area contributed by atoms with E-state index >= 15 is 0 Å². The third-order valence-corrected chi connectivity index (χ3v) is 4.85. The number of amidine groups is 1. The van der Waals surface area contributed by atoms with E-state index in [9.17, 15) is 9.90 Å². The van der Waals surface area contributed by atoms with E-state index in [1.54, 1.807) is 30.8 Å². The molecule has 0 aliphatic carbocycles. The number of hydrogen-bond acceptors (Lipinski definition) is 6. The maximum atomic E-state index is 11.6. The summed E-state index contributed by atoms with van der Waals surface area (Å²) in [5, 5.41) is 11.1. The van der Waals surface area contributed by atoms with Crippen LogP contribution in [0.25, 0.3) is 0 Å². The first-order chi connectivity index (χ1) is 9.38. The van der Waals surface area contributed by atoms with Crippen molar-refractivity contribution < 1.29 is 14.6 Å². The van der Waals surface area contributed by atoms with Gasteiger partial charge < -0.3 is 19.6 Å². The van der Waals surface area contributed by atoms with Crippen LogP contribution in [0.15, 0.2) is 4.99 Å². The van der Waals surface area contributed by atoms with Crippen LogP contribution in [0.5, 0.6) is 0 Å². The molecule has 0 bridgehead atoms. The van der Waals surface area contributed by atoms with Gasteiger partial charge in [-0.3, -0.25) is 9.79 Å². The molecular weight excluding hydrogens is 278 g/mol. The van der Waals surface area contributed by atoms with E-state index in [1.165, 1.54) is 0 Å². The lowest BCUT2D eigenvalue weighted by molar-refractivity contribution is -0.130. The number of aliphatic hydroxyl groups excluding tert-OH is 1. The lowest BCUT2D eigenvalue weighted by Crippen LogP contribution is -2.44. The number of nitrogens with zero attached hydrogens (tertiary/aromatic N) is 3. The number of rotatable bonds is 3. The molecule has 1 saturated heterocycles. The van der Waals surface area contributed by atoms with Crippen molar-refractivity contribution in [3.63, 3.8) is 0 Å². The molecule has 0 spiro atoms. The van der Waals surface area contributed by atoms with Crippen LogP contribution in [-0.2, 0) is 9.53 Å². The smallest absolute Gasteiger partial charge is 0.222 e. The maximum absolute atomic E-state index is 11.6. The summed E-state index contributed by atoms with van der Waals surface area (Å²) < 4.78 is 5.98. The zero-order valence-corrected chi connectivity index (χ0v) is 13.3. The van der Waals surface area contributed by atoms with E-state index in [-0.39, 0.29) is 23.5 Å². The minimum absolute atomic E-state index is 0.0700. The van der Waals surface area contributed by atoms with Gasteiger partial charge in [0.2, 0.25) is 5.91 Å². The number of hydrogen-bond donors (Lipinski definition) is 1. The van der Waals surface area contributed by atoms with Gasteiger partial charge in [-0.25, -0.2) is 0 Å². The van der Waals surface area contributed by atoms with Crippen molar-refractivity contribution >= 4 is 22.8 Å². The fourth-order valence-electron chi connectivity index (χ4n) is 2.34. The second-order valence-electron chi connectivity index (χ2n) is 5.67. The minimum Gasteiger partial charge on any atom is -0.391 e. The molecule has 7 heteroatoms. The Hall–Kier alpha value is -0.790. The van der Waals surface area contributed by atoms with Crippen molar-refractivity contribution in [2.75, 3.05) is 28.2 Å². The first-order valence-electron chi connectivity index (χ1n) is 6.84. The molecule has 1 N–H and O–H groups in total. The number of aliphatic hydroxyl groups is 1. The predicted octanol–water partition coefficient (Wildman–Crippen LogP) is 0.364. The highest BCUT2D eigenvalue weighted by Crippen LogP contribution is 2.37. The third kappa shape index (κ3) is 3.45. The van der Waals surface area contributed by atoms with Gasteiger partial charge in [0, 0.05) is 41.0 Å². The van der Waals surface area contributed by atoms with E-state index in [0.29, 0.717) is 19.3 Å². The Morgan fingerprint density at radius 2 is 2.15 bits per heavy atom. The van der Waals surface area contributed by atoms with Gasteiger partial charge in [0.15, 0.2) is 5.17 Å². The summed E-state index contributed by atoms with van der Waals surface area (Å²) in [6.45, 7) is 0. The van der Waals surface area contributed by atoms with Crippen LogP contribution in [0.3, 0.4) is 0 Å². The maximum Gasteiger partial charge on any atom is 0.222 e. The van der Waals surface area contributed by atoms with Crippen LogP contribution in [0, 0.1) is 0 Å². The Balaban J connectivity index is 1.89. The molecule has 6 nitrogen and oxygen atoms in total. The van der Waals surface area contributed by atoms with Gasteiger partial charge in [0.25, 0.3) is 0 Å². The molecule has 4 atom stereocenters. The van der Waals surface area contributed by atoms with Gasteiger partial charge in [-0.15, -0.1) is 0 Å². The van der Waals surface area contributed by atoms with Crippen LogP contribution in [-0.4, -0.2) is 77.9 Å². The third-order valence-electron chi connectivity index (χ3n) is 3.55. The summed E-state index contributed by atoms with van der Waals surface area (Å²) in [7, 11) is 7.36. The van der Waals surface area contributed by atoms with Gasteiger partial charge in [-0.05, 0) is 6.42 Å². The zero-order chi connectivity index (χ0) is 14.9. The Bertz CT molecular complexity index is 400. The summed E-state index contributed by atoms with van der Waals surface area (Å²) in [5.41, 5.74) is -0.129. The highest BCUT2D eigenvalue weighted by atomic mass is 32.2. The second-order valence-corrected chi connectivity index (χ2v) is 6.74. The Kier molecular flexibility index (Phi) is 4.93. The molecule has 0 aromatic carbocycles. The number of ether oxygens (including phenoxy) is 1. The molecule has 2 aliphatic heterocycles. The van der Waals surface area contributed by atoms with Gasteiger partial charge in [0.05, 0.1) is 12.2 Å². The van der Waals surface area contributed by atoms with Crippen LogP contribution in [0.2, 0.25) is 0 Å². The lowest BCUT2D eigenvalue weighted by atomic mass is 9.98. The molecule has 2 rings (SSSR count). The van der Waals surface area contributed by atoms with E-state index < -0.39 is 6.10 Å². The number of thioether (sulfide) groups is 1. The molecule has 20 heavy (non-hydrogen) atoms. The molecular formula is C13H23N3O3S. The molecule has 0 aromatic heterocycles. The molecule has 2 heterocycles. The lowest BCUT2D eigenvalue weighted by Gasteiger charge is -2.34. The number of amides is 1. The number of aliphatic imine (C=N–C) groups is 1. The monoisotopic (exact) mass is 301 g/mol. The van der Waals surface area contributed by atoms with Crippen molar-refractivity contribution in [1.82, 2.24) is 9.80 Å². The van der Waals surface area contributed by atoms with Gasteiger partial charge in [-0.1, -0.05) is 11.8 Å². The fraction of sp³-hybridized carbons (Fsp3) is 0.846. The second kappa shape index (κ2) is 6.32. The number of carbonyl (C=O) groups is 1. The van der Waals surface area contributed by atoms with Gasteiger partial charge in [-0.2, -0.15) is 0 Å². The van der Waals surface area contributed by atoms with Gasteiger partial charge in [0.1, 0.15) is 11.5 Å². The van der Waals surface area contributed by atoms with Crippen LogP contribution in [0.4, 0.5) is 0 Å². The summed E-state index contributed by atoms with van der Waals surface area (Å²) in [4.78, 5) is 19.6. The van der Waals surface area contributed by atoms with Crippen LogP contribution < -0.4 is 0 Å². The van der Waals surface area contributed by atoms with Crippen molar-refractivity contribution in [3.8, 4) is 0 Å². The Morgan fingerprint density at radius 3 is 2.75 bits per heavy atom.